The standard InChI is InChI=1S/C49H32N4O8/c1-53-25-34-24-41(53)45(29-8-16-33(17-9-29)49(60)61)40-23-22-39(52-40)44(28-6-14-32(15-7-28)48(58)59)38-21-20-37(51-38)43(27-4-12-31(13-5-27)47(56)57)36-19-18-35(50-36)42(34)26-2-10-30(11-3-26)46(54)55/h2-25,51H,1H3,(H,54,55)(H,56,57)(H,58,59)(H,60,61). The average Bonchev–Trinajstić information content (AvgIpc) is 4.09. The number of carboxylic acids is 4. The van der Waals surface area contributed by atoms with Gasteiger partial charge in [-0.25, -0.2) is 29.2 Å². The number of rotatable bonds is 8. The van der Waals surface area contributed by atoms with E-state index in [9.17, 15) is 39.6 Å². The molecule has 0 saturated carbocycles. The maximum atomic E-state index is 11.9. The zero-order valence-corrected chi connectivity index (χ0v) is 32.1. The molecule has 61 heavy (non-hydrogen) atoms. The van der Waals surface area contributed by atoms with Crippen LogP contribution in [0.15, 0.2) is 167 Å². The average molecular weight is 805 g/mol. The van der Waals surface area contributed by atoms with Gasteiger partial charge in [-0.15, -0.1) is 0 Å². The number of hydrogen-bond donors (Lipinski definition) is 5. The highest BCUT2D eigenvalue weighted by Gasteiger charge is 2.25. The molecule has 5 N–H and O–H groups in total. The molecule has 0 aliphatic carbocycles. The molecule has 0 saturated heterocycles. The summed E-state index contributed by atoms with van der Waals surface area (Å²) in [5.41, 5.74) is 9.82. The van der Waals surface area contributed by atoms with Crippen LogP contribution in [0.2, 0.25) is 0 Å². The summed E-state index contributed by atoms with van der Waals surface area (Å²) < 4.78 is 1.95. The van der Waals surface area contributed by atoms with Gasteiger partial charge in [-0.2, -0.15) is 0 Å². The van der Waals surface area contributed by atoms with Crippen LogP contribution in [0.25, 0.3) is 22.3 Å². The first-order valence-corrected chi connectivity index (χ1v) is 18.9. The quantitative estimate of drug-likeness (QED) is 0.111. The molecule has 4 aromatic carbocycles. The van der Waals surface area contributed by atoms with E-state index in [-0.39, 0.29) is 22.3 Å². The molecule has 0 fully saturated rings. The van der Waals surface area contributed by atoms with Gasteiger partial charge in [-0.3, -0.25) is 0 Å². The SMILES string of the molecule is Cn1cc2cc1C(c1ccc(C(=O)O)cc1)=C1C=CC(=N1)C(c1ccc(C(=O)O)cc1)=c1ccc([nH]1)=C(c1ccc(C(=O)O)cc1)C1=NC(=C2c2ccc(C(=O)O)cc2)C=C1. The molecule has 3 aliphatic heterocycles. The molecular formula is C49H32N4O8. The first kappa shape index (κ1) is 37.9. The number of H-pyrrole nitrogens is 1. The van der Waals surface area contributed by atoms with Crippen molar-refractivity contribution in [2.45, 2.75) is 0 Å². The third-order valence-electron chi connectivity index (χ3n) is 10.8. The van der Waals surface area contributed by atoms with E-state index in [1.54, 1.807) is 72.8 Å². The van der Waals surface area contributed by atoms with Crippen molar-refractivity contribution in [2.24, 2.45) is 17.0 Å². The highest BCUT2D eigenvalue weighted by molar-refractivity contribution is 6.31. The Balaban J connectivity index is 1.40. The molecule has 12 nitrogen and oxygen atoms in total. The fourth-order valence-electron chi connectivity index (χ4n) is 7.81. The third-order valence-corrected chi connectivity index (χ3v) is 10.8. The highest BCUT2D eigenvalue weighted by atomic mass is 16.4. The molecular weight excluding hydrogens is 773 g/mol. The van der Waals surface area contributed by atoms with E-state index in [4.69, 9.17) is 9.98 Å². The molecule has 6 aromatic rings. The molecule has 3 aliphatic rings. The zero-order chi connectivity index (χ0) is 42.5. The molecule has 0 radical (unpaired) electrons. The van der Waals surface area contributed by atoms with Crippen molar-refractivity contribution in [3.63, 3.8) is 0 Å². The lowest BCUT2D eigenvalue weighted by Crippen LogP contribution is -2.21. The molecule has 8 bridgehead atoms. The lowest BCUT2D eigenvalue weighted by atomic mass is 9.95. The first-order valence-electron chi connectivity index (χ1n) is 18.9. The van der Waals surface area contributed by atoms with Crippen molar-refractivity contribution in [3.8, 4) is 0 Å². The number of aryl methyl sites for hydroxylation is 1. The molecule has 296 valence electrons. The van der Waals surface area contributed by atoms with Crippen LogP contribution >= 0.6 is 0 Å². The fraction of sp³-hybridized carbons (Fsp3) is 0.0204. The maximum absolute atomic E-state index is 11.9. The summed E-state index contributed by atoms with van der Waals surface area (Å²) in [5, 5.41) is 40.1. The van der Waals surface area contributed by atoms with Crippen molar-refractivity contribution < 1.29 is 39.6 Å². The number of aromatic carboxylic acids is 4. The lowest BCUT2D eigenvalue weighted by molar-refractivity contribution is 0.0686. The largest absolute Gasteiger partial charge is 0.478 e. The lowest BCUT2D eigenvalue weighted by Gasteiger charge is -2.12. The summed E-state index contributed by atoms with van der Waals surface area (Å²) in [6.45, 7) is 0. The van der Waals surface area contributed by atoms with Crippen molar-refractivity contribution in [1.82, 2.24) is 9.55 Å². The summed E-state index contributed by atoms with van der Waals surface area (Å²) in [7, 11) is 1.89. The Morgan fingerprint density at radius 1 is 0.443 bits per heavy atom. The second kappa shape index (κ2) is 14.9. The number of carbonyl (C=O) groups is 4. The summed E-state index contributed by atoms with van der Waals surface area (Å²) >= 11 is 0. The van der Waals surface area contributed by atoms with Crippen LogP contribution < -0.4 is 10.7 Å². The normalized spacial score (nSPS) is 14.4. The number of nitrogens with one attached hydrogen (secondary N) is 1. The minimum atomic E-state index is -1.06. The van der Waals surface area contributed by atoms with E-state index >= 15 is 0 Å². The van der Waals surface area contributed by atoms with Crippen molar-refractivity contribution in [1.29, 1.82) is 0 Å². The van der Waals surface area contributed by atoms with Gasteiger partial charge in [0, 0.05) is 51.8 Å². The third kappa shape index (κ3) is 6.93. The number of carboxylic acid groups (broad SMARTS) is 4. The van der Waals surface area contributed by atoms with E-state index in [1.165, 1.54) is 24.3 Å². The van der Waals surface area contributed by atoms with Crippen LogP contribution in [0.5, 0.6) is 0 Å². The Labute approximate surface area is 346 Å². The molecule has 0 atom stereocenters. The smallest absolute Gasteiger partial charge is 0.335 e. The second-order valence-electron chi connectivity index (χ2n) is 14.5. The van der Waals surface area contributed by atoms with Gasteiger partial charge in [0.15, 0.2) is 0 Å². The Morgan fingerprint density at radius 3 is 1.16 bits per heavy atom. The predicted octanol–water partition coefficient (Wildman–Crippen LogP) is 6.80. The Hall–Kier alpha value is -8.64. The number of aromatic nitrogens is 2. The predicted molar refractivity (Wildman–Crippen MR) is 229 cm³/mol. The minimum absolute atomic E-state index is 0.119. The van der Waals surface area contributed by atoms with E-state index < -0.39 is 23.9 Å². The number of benzene rings is 4. The second-order valence-corrected chi connectivity index (χ2v) is 14.5. The summed E-state index contributed by atoms with van der Waals surface area (Å²) in [4.78, 5) is 61.5. The maximum Gasteiger partial charge on any atom is 0.335 e. The Bertz CT molecular complexity index is 3210. The van der Waals surface area contributed by atoms with E-state index in [2.05, 4.69) is 4.98 Å². The summed E-state index contributed by atoms with van der Waals surface area (Å²) in [6, 6.07) is 32.0. The van der Waals surface area contributed by atoms with Crippen LogP contribution in [0.3, 0.4) is 0 Å². The highest BCUT2D eigenvalue weighted by Crippen LogP contribution is 2.38. The molecule has 2 aromatic heterocycles. The molecule has 12 heteroatoms. The minimum Gasteiger partial charge on any atom is -0.478 e. The zero-order valence-electron chi connectivity index (χ0n) is 32.1. The molecule has 0 spiro atoms. The first-order chi connectivity index (χ1) is 29.4. The molecule has 5 heterocycles. The van der Waals surface area contributed by atoms with Crippen molar-refractivity contribution in [2.75, 3.05) is 0 Å². The number of nitrogens with zero attached hydrogens (tertiary/aromatic N) is 3. The van der Waals surface area contributed by atoms with Crippen LogP contribution in [0.4, 0.5) is 0 Å². The monoisotopic (exact) mass is 804 g/mol. The van der Waals surface area contributed by atoms with Crippen LogP contribution in [-0.4, -0.2) is 65.3 Å². The Kier molecular flexibility index (Phi) is 9.29. The molecule has 9 rings (SSSR count). The van der Waals surface area contributed by atoms with Gasteiger partial charge in [-0.1, -0.05) is 48.5 Å². The van der Waals surface area contributed by atoms with E-state index in [0.29, 0.717) is 78.1 Å². The number of aromatic amines is 1. The van der Waals surface area contributed by atoms with Crippen molar-refractivity contribution >= 4 is 57.6 Å². The van der Waals surface area contributed by atoms with Gasteiger partial charge >= 0.3 is 23.9 Å². The van der Waals surface area contributed by atoms with Gasteiger partial charge in [0.25, 0.3) is 0 Å². The number of aliphatic imine (C=N–C) groups is 2. The summed E-state index contributed by atoms with van der Waals surface area (Å²) in [5.74, 6) is -4.24. The number of hydrogen-bond acceptors (Lipinski definition) is 6. The van der Waals surface area contributed by atoms with Gasteiger partial charge < -0.3 is 30.0 Å². The fourth-order valence-corrected chi connectivity index (χ4v) is 7.81. The van der Waals surface area contributed by atoms with Gasteiger partial charge in [0.05, 0.1) is 50.8 Å². The number of fused-ring (bicyclic) bond motifs is 6. The van der Waals surface area contributed by atoms with Gasteiger partial charge in [-0.05, 0) is 113 Å². The topological polar surface area (TPSA) is 195 Å². The summed E-state index contributed by atoms with van der Waals surface area (Å²) in [6.07, 6.45) is 9.48. The molecule has 0 unspecified atom stereocenters. The van der Waals surface area contributed by atoms with E-state index in [1.807, 2.05) is 60.3 Å². The van der Waals surface area contributed by atoms with E-state index in [0.717, 1.165) is 11.3 Å². The van der Waals surface area contributed by atoms with Crippen molar-refractivity contribution in [3.05, 3.63) is 224 Å². The van der Waals surface area contributed by atoms with Crippen LogP contribution in [-0.2, 0) is 7.05 Å². The number of allylic oxidation sites excluding steroid dienone is 4. The Morgan fingerprint density at radius 2 is 0.787 bits per heavy atom. The van der Waals surface area contributed by atoms with Crippen LogP contribution in [0, 0.1) is 0 Å². The van der Waals surface area contributed by atoms with Crippen LogP contribution in [0.1, 0.15) is 74.9 Å². The van der Waals surface area contributed by atoms with Gasteiger partial charge in [0.2, 0.25) is 0 Å². The van der Waals surface area contributed by atoms with Gasteiger partial charge in [0.1, 0.15) is 0 Å². The molecule has 0 amide bonds.